The molecule has 2 heterocycles. The summed E-state index contributed by atoms with van der Waals surface area (Å²) in [6.45, 7) is 14.3. The van der Waals surface area contributed by atoms with E-state index in [1.165, 1.54) is 12.1 Å². The molecular weight excluding hydrogens is 491 g/mol. The maximum Gasteiger partial charge on any atom is 0.227 e. The molecule has 1 saturated heterocycles. The summed E-state index contributed by atoms with van der Waals surface area (Å²) < 4.78 is 19.3. The van der Waals surface area contributed by atoms with Crippen molar-refractivity contribution in [1.29, 1.82) is 0 Å². The lowest BCUT2D eigenvalue weighted by Gasteiger charge is -2.31. The Balaban J connectivity index is 1.57. The van der Waals surface area contributed by atoms with Crippen LogP contribution in [0.3, 0.4) is 0 Å². The smallest absolute Gasteiger partial charge is 0.227 e. The van der Waals surface area contributed by atoms with E-state index < -0.39 is 5.82 Å². The van der Waals surface area contributed by atoms with Gasteiger partial charge in [0.05, 0.1) is 22.1 Å². The molecule has 2 atom stereocenters. The molecular formula is C29H36ClFN4O2. The SMILES string of the molecule is Cc1noc(C)c1-c1ccc(N[C@@H]2CCN(C(C)(C)C)C2)c(NC(=O)[C@H](C)Cc2ccc(Cl)c(F)c2)c1. The van der Waals surface area contributed by atoms with Crippen molar-refractivity contribution in [3.05, 3.63) is 64.3 Å². The van der Waals surface area contributed by atoms with Crippen molar-refractivity contribution in [3.63, 3.8) is 0 Å². The highest BCUT2D eigenvalue weighted by molar-refractivity contribution is 6.30. The van der Waals surface area contributed by atoms with Gasteiger partial charge in [0, 0.05) is 36.2 Å². The van der Waals surface area contributed by atoms with Gasteiger partial charge in [-0.3, -0.25) is 9.69 Å². The van der Waals surface area contributed by atoms with E-state index in [2.05, 4.69) is 41.5 Å². The second kappa shape index (κ2) is 10.8. The number of carbonyl (C=O) groups excluding carboxylic acids is 1. The second-order valence-electron chi connectivity index (χ2n) is 11.0. The summed E-state index contributed by atoms with van der Waals surface area (Å²) in [4.78, 5) is 15.7. The molecule has 1 aromatic heterocycles. The molecule has 0 aliphatic carbocycles. The van der Waals surface area contributed by atoms with Gasteiger partial charge in [0.1, 0.15) is 11.6 Å². The van der Waals surface area contributed by atoms with Gasteiger partial charge in [-0.15, -0.1) is 0 Å². The molecule has 0 unspecified atom stereocenters. The number of nitrogens with one attached hydrogen (secondary N) is 2. The van der Waals surface area contributed by atoms with Crippen LogP contribution in [0.15, 0.2) is 40.9 Å². The normalized spacial score (nSPS) is 17.1. The fraction of sp³-hybridized carbons (Fsp3) is 0.448. The number of benzene rings is 2. The lowest BCUT2D eigenvalue weighted by Crippen LogP contribution is -2.40. The number of anilines is 2. The number of nitrogens with zero attached hydrogens (tertiary/aromatic N) is 2. The highest BCUT2D eigenvalue weighted by atomic mass is 35.5. The number of rotatable bonds is 7. The summed E-state index contributed by atoms with van der Waals surface area (Å²) in [7, 11) is 0. The van der Waals surface area contributed by atoms with Crippen LogP contribution in [-0.2, 0) is 11.2 Å². The molecule has 1 amide bonds. The Kier molecular flexibility index (Phi) is 7.95. The van der Waals surface area contributed by atoms with Gasteiger partial charge < -0.3 is 15.2 Å². The average Bonchev–Trinajstić information content (AvgIpc) is 3.43. The monoisotopic (exact) mass is 526 g/mol. The van der Waals surface area contributed by atoms with Crippen molar-refractivity contribution in [2.45, 2.75) is 66.0 Å². The third-order valence-electron chi connectivity index (χ3n) is 7.07. The van der Waals surface area contributed by atoms with Crippen LogP contribution in [0.1, 0.15) is 51.1 Å². The maximum absolute atomic E-state index is 13.9. The predicted octanol–water partition coefficient (Wildman–Crippen LogP) is 6.85. The zero-order chi connectivity index (χ0) is 26.9. The van der Waals surface area contributed by atoms with Crippen molar-refractivity contribution in [2.75, 3.05) is 23.7 Å². The zero-order valence-electron chi connectivity index (χ0n) is 22.4. The first-order chi connectivity index (χ1) is 17.4. The Bertz CT molecular complexity index is 1260. The number of amides is 1. The molecule has 4 rings (SSSR count). The topological polar surface area (TPSA) is 70.4 Å². The highest BCUT2D eigenvalue weighted by Gasteiger charge is 2.30. The van der Waals surface area contributed by atoms with Gasteiger partial charge in [0.2, 0.25) is 5.91 Å². The maximum atomic E-state index is 13.9. The van der Waals surface area contributed by atoms with Gasteiger partial charge >= 0.3 is 0 Å². The number of hydrogen-bond acceptors (Lipinski definition) is 5. The Labute approximate surface area is 223 Å². The summed E-state index contributed by atoms with van der Waals surface area (Å²) in [5, 5.41) is 10.9. The van der Waals surface area contributed by atoms with Gasteiger partial charge in [-0.2, -0.15) is 0 Å². The quantitative estimate of drug-likeness (QED) is 0.352. The van der Waals surface area contributed by atoms with Gasteiger partial charge in [0.25, 0.3) is 0 Å². The molecule has 37 heavy (non-hydrogen) atoms. The number of aryl methyl sites for hydroxylation is 2. The Morgan fingerprint density at radius 3 is 2.59 bits per heavy atom. The summed E-state index contributed by atoms with van der Waals surface area (Å²) in [6.07, 6.45) is 1.42. The first kappa shape index (κ1) is 27.1. The summed E-state index contributed by atoms with van der Waals surface area (Å²) in [5.41, 5.74) is 5.04. The lowest BCUT2D eigenvalue weighted by molar-refractivity contribution is -0.119. The first-order valence-electron chi connectivity index (χ1n) is 12.8. The van der Waals surface area contributed by atoms with Crippen molar-refractivity contribution >= 4 is 28.9 Å². The molecule has 1 aliphatic rings. The molecule has 2 N–H and O–H groups in total. The van der Waals surface area contributed by atoms with Crippen LogP contribution in [0.5, 0.6) is 0 Å². The number of likely N-dealkylation sites (tertiary alicyclic amines) is 1. The largest absolute Gasteiger partial charge is 0.379 e. The van der Waals surface area contributed by atoms with Crippen molar-refractivity contribution in [2.24, 2.45) is 5.92 Å². The number of aromatic nitrogens is 1. The van der Waals surface area contributed by atoms with E-state index in [1.807, 2.05) is 39.0 Å². The van der Waals surface area contributed by atoms with E-state index in [4.69, 9.17) is 16.1 Å². The predicted molar refractivity (Wildman–Crippen MR) is 148 cm³/mol. The van der Waals surface area contributed by atoms with Gasteiger partial charge in [-0.25, -0.2) is 4.39 Å². The number of carbonyl (C=O) groups is 1. The van der Waals surface area contributed by atoms with Crippen LogP contribution >= 0.6 is 11.6 Å². The molecule has 0 bridgehead atoms. The van der Waals surface area contributed by atoms with E-state index in [-0.39, 0.29) is 28.4 Å². The van der Waals surface area contributed by atoms with Crippen LogP contribution in [0.2, 0.25) is 5.02 Å². The minimum Gasteiger partial charge on any atom is -0.379 e. The van der Waals surface area contributed by atoms with Crippen LogP contribution in [0.25, 0.3) is 11.1 Å². The summed E-state index contributed by atoms with van der Waals surface area (Å²) in [6, 6.07) is 10.9. The van der Waals surface area contributed by atoms with Crippen molar-refractivity contribution < 1.29 is 13.7 Å². The van der Waals surface area contributed by atoms with E-state index in [9.17, 15) is 9.18 Å². The van der Waals surface area contributed by atoms with E-state index in [1.54, 1.807) is 6.07 Å². The fourth-order valence-corrected chi connectivity index (χ4v) is 5.02. The van der Waals surface area contributed by atoms with Gasteiger partial charge in [-0.1, -0.05) is 35.8 Å². The van der Waals surface area contributed by atoms with E-state index in [0.717, 1.165) is 53.3 Å². The number of halogens is 2. The fourth-order valence-electron chi connectivity index (χ4n) is 4.90. The van der Waals surface area contributed by atoms with E-state index >= 15 is 0 Å². The molecule has 6 nitrogen and oxygen atoms in total. The second-order valence-corrected chi connectivity index (χ2v) is 11.5. The third kappa shape index (κ3) is 6.33. The molecule has 1 aliphatic heterocycles. The minimum atomic E-state index is -0.480. The highest BCUT2D eigenvalue weighted by Crippen LogP contribution is 2.34. The van der Waals surface area contributed by atoms with Crippen LogP contribution < -0.4 is 10.6 Å². The molecule has 198 valence electrons. The van der Waals surface area contributed by atoms with Gasteiger partial charge in [0.15, 0.2) is 0 Å². The molecule has 0 spiro atoms. The lowest BCUT2D eigenvalue weighted by atomic mass is 9.99. The molecule has 0 saturated carbocycles. The van der Waals surface area contributed by atoms with Crippen molar-refractivity contribution in [3.8, 4) is 11.1 Å². The molecule has 0 radical (unpaired) electrons. The molecule has 1 fully saturated rings. The molecule has 2 aromatic carbocycles. The van der Waals surface area contributed by atoms with E-state index in [0.29, 0.717) is 12.1 Å². The number of hydrogen-bond donors (Lipinski definition) is 2. The Hall–Kier alpha value is -2.90. The zero-order valence-corrected chi connectivity index (χ0v) is 23.2. The Morgan fingerprint density at radius 2 is 1.97 bits per heavy atom. The van der Waals surface area contributed by atoms with Crippen LogP contribution in [-0.4, -0.2) is 40.6 Å². The first-order valence-corrected chi connectivity index (χ1v) is 13.1. The summed E-state index contributed by atoms with van der Waals surface area (Å²) >= 11 is 5.81. The Morgan fingerprint density at radius 1 is 1.22 bits per heavy atom. The van der Waals surface area contributed by atoms with Crippen LogP contribution in [0, 0.1) is 25.6 Å². The van der Waals surface area contributed by atoms with Crippen molar-refractivity contribution in [1.82, 2.24) is 10.1 Å². The average molecular weight is 527 g/mol. The molecule has 3 aromatic rings. The summed E-state index contributed by atoms with van der Waals surface area (Å²) in [5.74, 6) is -0.271. The minimum absolute atomic E-state index is 0.0737. The van der Waals surface area contributed by atoms with Crippen LogP contribution in [0.4, 0.5) is 15.8 Å². The third-order valence-corrected chi connectivity index (χ3v) is 7.38. The van der Waals surface area contributed by atoms with Gasteiger partial charge in [-0.05, 0) is 82.9 Å². The molecule has 8 heteroatoms. The standard InChI is InChI=1S/C29H36ClFN4O2/c1-17(13-20-7-9-23(30)24(31)14-20)28(36)33-26-15-21(27-18(2)34-37-19(27)3)8-10-25(26)32-22-11-12-35(16-22)29(4,5)6/h7-10,14-15,17,22,32H,11-13,16H2,1-6H3,(H,33,36)/t17-,22-/m1/s1.